The minimum absolute atomic E-state index is 0.243. The molecule has 1 aromatic carbocycles. The summed E-state index contributed by atoms with van der Waals surface area (Å²) in [6.07, 6.45) is 2.01. The largest absolute Gasteiger partial charge is 0.481 e. The molecule has 1 N–H and O–H groups in total. The normalized spacial score (nSPS) is 10.1. The molecule has 0 spiro atoms. The first kappa shape index (κ1) is 12.6. The summed E-state index contributed by atoms with van der Waals surface area (Å²) in [6, 6.07) is 10.1. The molecule has 0 saturated heterocycles. The molecule has 0 aliphatic rings. The van der Waals surface area contributed by atoms with Crippen molar-refractivity contribution >= 4 is 11.7 Å². The van der Waals surface area contributed by atoms with Gasteiger partial charge in [-0.2, -0.15) is 0 Å². The van der Waals surface area contributed by atoms with Crippen molar-refractivity contribution in [3.8, 4) is 0 Å². The van der Waals surface area contributed by atoms with Crippen molar-refractivity contribution in [3.63, 3.8) is 0 Å². The van der Waals surface area contributed by atoms with Crippen molar-refractivity contribution in [2.24, 2.45) is 0 Å². The van der Waals surface area contributed by atoms with E-state index in [0.29, 0.717) is 6.42 Å². The van der Waals surface area contributed by atoms with E-state index in [1.165, 1.54) is 5.69 Å². The second-order valence-corrected chi connectivity index (χ2v) is 3.82. The molecule has 0 unspecified atom stereocenters. The van der Waals surface area contributed by atoms with E-state index in [9.17, 15) is 4.79 Å². The van der Waals surface area contributed by atoms with Gasteiger partial charge in [0.05, 0.1) is 0 Å². The Morgan fingerprint density at radius 1 is 1.25 bits per heavy atom. The van der Waals surface area contributed by atoms with Gasteiger partial charge in [0.25, 0.3) is 0 Å². The summed E-state index contributed by atoms with van der Waals surface area (Å²) in [5.74, 6) is -0.718. The van der Waals surface area contributed by atoms with Crippen molar-refractivity contribution in [2.45, 2.75) is 26.2 Å². The third kappa shape index (κ3) is 4.34. The summed E-state index contributed by atoms with van der Waals surface area (Å²) in [6.45, 7) is 3.92. The predicted molar refractivity (Wildman–Crippen MR) is 65.8 cm³/mol. The number of nitrogens with zero attached hydrogens (tertiary/aromatic N) is 1. The van der Waals surface area contributed by atoms with Crippen LogP contribution in [-0.4, -0.2) is 24.2 Å². The molecule has 3 nitrogen and oxygen atoms in total. The Bertz CT molecular complexity index is 311. The summed E-state index contributed by atoms with van der Waals surface area (Å²) in [7, 11) is 0. The molecule has 3 heteroatoms. The van der Waals surface area contributed by atoms with E-state index in [0.717, 1.165) is 19.5 Å². The van der Waals surface area contributed by atoms with Crippen LogP contribution < -0.4 is 4.90 Å². The summed E-state index contributed by atoms with van der Waals surface area (Å²) in [5.41, 5.74) is 1.18. The summed E-state index contributed by atoms with van der Waals surface area (Å²) < 4.78 is 0. The van der Waals surface area contributed by atoms with E-state index < -0.39 is 5.97 Å². The molecule has 1 rings (SSSR count). The maximum Gasteiger partial charge on any atom is 0.303 e. The number of hydrogen-bond donors (Lipinski definition) is 1. The van der Waals surface area contributed by atoms with Gasteiger partial charge in [-0.1, -0.05) is 25.1 Å². The van der Waals surface area contributed by atoms with Crippen LogP contribution in [0.2, 0.25) is 0 Å². The molecule has 0 heterocycles. The molecule has 0 aliphatic carbocycles. The molecule has 0 atom stereocenters. The van der Waals surface area contributed by atoms with Crippen LogP contribution in [-0.2, 0) is 4.79 Å². The second-order valence-electron chi connectivity index (χ2n) is 3.82. The lowest BCUT2D eigenvalue weighted by molar-refractivity contribution is -0.137. The molecule has 16 heavy (non-hydrogen) atoms. The number of carboxylic acids is 1. The summed E-state index contributed by atoms with van der Waals surface area (Å²) in [5, 5.41) is 8.61. The fourth-order valence-electron chi connectivity index (χ4n) is 1.70. The maximum absolute atomic E-state index is 10.5. The van der Waals surface area contributed by atoms with E-state index in [-0.39, 0.29) is 6.42 Å². The van der Waals surface area contributed by atoms with Gasteiger partial charge in [-0.05, 0) is 25.0 Å². The number of carboxylic acid groups (broad SMARTS) is 1. The number of hydrogen-bond acceptors (Lipinski definition) is 2. The number of carbonyl (C=O) groups is 1. The SMILES string of the molecule is CCCN(CCCC(=O)O)c1ccccc1. The first-order valence-corrected chi connectivity index (χ1v) is 5.76. The van der Waals surface area contributed by atoms with Gasteiger partial charge < -0.3 is 10.0 Å². The number of rotatable bonds is 7. The van der Waals surface area contributed by atoms with Gasteiger partial charge in [0, 0.05) is 25.2 Å². The van der Waals surface area contributed by atoms with Crippen molar-refractivity contribution in [1.82, 2.24) is 0 Å². The third-order valence-electron chi connectivity index (χ3n) is 2.43. The van der Waals surface area contributed by atoms with E-state index >= 15 is 0 Å². The van der Waals surface area contributed by atoms with Gasteiger partial charge in [0.1, 0.15) is 0 Å². The average Bonchev–Trinajstić information content (AvgIpc) is 2.29. The molecule has 0 fully saturated rings. The van der Waals surface area contributed by atoms with Crippen LogP contribution in [0.1, 0.15) is 26.2 Å². The van der Waals surface area contributed by atoms with Crippen LogP contribution >= 0.6 is 0 Å². The van der Waals surface area contributed by atoms with Crippen LogP contribution in [0, 0.1) is 0 Å². The topological polar surface area (TPSA) is 40.5 Å². The zero-order valence-electron chi connectivity index (χ0n) is 9.72. The minimum Gasteiger partial charge on any atom is -0.481 e. The van der Waals surface area contributed by atoms with E-state index in [1.54, 1.807) is 0 Å². The monoisotopic (exact) mass is 221 g/mol. The van der Waals surface area contributed by atoms with E-state index in [1.807, 2.05) is 18.2 Å². The quantitative estimate of drug-likeness (QED) is 0.769. The highest BCUT2D eigenvalue weighted by atomic mass is 16.4. The Kier molecular flexibility index (Phi) is 5.40. The molecular weight excluding hydrogens is 202 g/mol. The van der Waals surface area contributed by atoms with Crippen molar-refractivity contribution in [3.05, 3.63) is 30.3 Å². The number of aliphatic carboxylic acids is 1. The lowest BCUT2D eigenvalue weighted by Crippen LogP contribution is -2.25. The molecule has 1 aromatic rings. The van der Waals surface area contributed by atoms with Gasteiger partial charge in [-0.15, -0.1) is 0 Å². The predicted octanol–water partition coefficient (Wildman–Crippen LogP) is 2.77. The van der Waals surface area contributed by atoms with Crippen LogP contribution in [0.4, 0.5) is 5.69 Å². The first-order valence-electron chi connectivity index (χ1n) is 5.76. The fourth-order valence-corrected chi connectivity index (χ4v) is 1.70. The molecule has 0 bridgehead atoms. The zero-order chi connectivity index (χ0) is 11.8. The van der Waals surface area contributed by atoms with Gasteiger partial charge >= 0.3 is 5.97 Å². The Morgan fingerprint density at radius 2 is 1.94 bits per heavy atom. The van der Waals surface area contributed by atoms with Gasteiger partial charge in [0.15, 0.2) is 0 Å². The number of benzene rings is 1. The molecule has 88 valence electrons. The van der Waals surface area contributed by atoms with E-state index in [4.69, 9.17) is 5.11 Å². The molecule has 0 saturated carbocycles. The lowest BCUT2D eigenvalue weighted by atomic mass is 10.2. The van der Waals surface area contributed by atoms with Crippen LogP contribution in [0.25, 0.3) is 0 Å². The summed E-state index contributed by atoms with van der Waals surface area (Å²) in [4.78, 5) is 12.7. The van der Waals surface area contributed by atoms with Gasteiger partial charge in [-0.3, -0.25) is 4.79 Å². The molecule has 0 radical (unpaired) electrons. The Balaban J connectivity index is 2.51. The third-order valence-corrected chi connectivity index (χ3v) is 2.43. The molecule has 0 aliphatic heterocycles. The van der Waals surface area contributed by atoms with Crippen molar-refractivity contribution < 1.29 is 9.90 Å². The minimum atomic E-state index is -0.718. The maximum atomic E-state index is 10.5. The van der Waals surface area contributed by atoms with Gasteiger partial charge in [0.2, 0.25) is 0 Å². The standard InChI is InChI=1S/C13H19NO2/c1-2-10-14(11-6-9-13(15)16)12-7-4-3-5-8-12/h3-5,7-8H,2,6,9-11H2,1H3,(H,15,16). The van der Waals surface area contributed by atoms with E-state index in [2.05, 4.69) is 24.0 Å². The molecule has 0 amide bonds. The highest BCUT2D eigenvalue weighted by Crippen LogP contribution is 2.14. The zero-order valence-corrected chi connectivity index (χ0v) is 9.72. The van der Waals surface area contributed by atoms with Crippen LogP contribution in [0.15, 0.2) is 30.3 Å². The van der Waals surface area contributed by atoms with Gasteiger partial charge in [-0.25, -0.2) is 0 Å². The number of anilines is 1. The molecular formula is C13H19NO2. The Labute approximate surface area is 96.7 Å². The second kappa shape index (κ2) is 6.88. The average molecular weight is 221 g/mol. The fraction of sp³-hybridized carbons (Fsp3) is 0.462. The highest BCUT2D eigenvalue weighted by molar-refractivity contribution is 5.66. The Hall–Kier alpha value is -1.51. The first-order chi connectivity index (χ1) is 7.74. The van der Waals surface area contributed by atoms with Crippen LogP contribution in [0.3, 0.4) is 0 Å². The van der Waals surface area contributed by atoms with Crippen molar-refractivity contribution in [1.29, 1.82) is 0 Å². The van der Waals surface area contributed by atoms with Crippen LogP contribution in [0.5, 0.6) is 0 Å². The molecule has 0 aromatic heterocycles. The highest BCUT2D eigenvalue weighted by Gasteiger charge is 2.05. The lowest BCUT2D eigenvalue weighted by Gasteiger charge is -2.23. The summed E-state index contributed by atoms with van der Waals surface area (Å²) >= 11 is 0. The smallest absolute Gasteiger partial charge is 0.303 e. The number of para-hydroxylation sites is 1. The Morgan fingerprint density at radius 3 is 2.50 bits per heavy atom. The van der Waals surface area contributed by atoms with Crippen molar-refractivity contribution in [2.75, 3.05) is 18.0 Å².